The number of nitrogens with zero attached hydrogens (tertiary/aromatic N) is 2. The van der Waals surface area contributed by atoms with Gasteiger partial charge in [0.2, 0.25) is 5.89 Å². The number of benzene rings is 1. The Balaban J connectivity index is 1.61. The third-order valence-corrected chi connectivity index (χ3v) is 4.32. The first-order valence-electron chi connectivity index (χ1n) is 7.72. The number of rotatable bonds is 4. The highest BCUT2D eigenvalue weighted by Crippen LogP contribution is 2.23. The summed E-state index contributed by atoms with van der Waals surface area (Å²) in [5.74, 6) is 0.558. The van der Waals surface area contributed by atoms with E-state index in [1.807, 2.05) is 6.92 Å². The number of hydrogen-bond donors (Lipinski definition) is 1. The number of hydrogen-bond acceptors (Lipinski definition) is 4. The largest absolute Gasteiger partial charge is 0.444 e. The fourth-order valence-corrected chi connectivity index (χ4v) is 2.96. The number of aliphatic hydroxyl groups is 1. The summed E-state index contributed by atoms with van der Waals surface area (Å²) in [5.41, 5.74) is 1.51. The summed E-state index contributed by atoms with van der Waals surface area (Å²) < 4.78 is 18.7. The van der Waals surface area contributed by atoms with E-state index < -0.39 is 0 Å². The van der Waals surface area contributed by atoms with E-state index in [-0.39, 0.29) is 11.9 Å². The maximum absolute atomic E-state index is 13.2. The molecule has 1 aromatic heterocycles. The number of oxazole rings is 1. The van der Waals surface area contributed by atoms with Gasteiger partial charge in [-0.25, -0.2) is 9.37 Å². The molecule has 22 heavy (non-hydrogen) atoms. The van der Waals surface area contributed by atoms with E-state index in [1.54, 1.807) is 18.4 Å². The van der Waals surface area contributed by atoms with Crippen LogP contribution in [0.15, 0.2) is 34.9 Å². The van der Waals surface area contributed by atoms with Crippen LogP contribution in [0.3, 0.4) is 0 Å². The molecule has 2 heterocycles. The van der Waals surface area contributed by atoms with Crippen molar-refractivity contribution >= 4 is 0 Å². The van der Waals surface area contributed by atoms with Gasteiger partial charge >= 0.3 is 0 Å². The van der Waals surface area contributed by atoms with Crippen LogP contribution in [0.2, 0.25) is 0 Å². The quantitative estimate of drug-likeness (QED) is 0.943. The summed E-state index contributed by atoms with van der Waals surface area (Å²) in [4.78, 5) is 6.76. The van der Waals surface area contributed by atoms with Crippen molar-refractivity contribution in [1.29, 1.82) is 0 Å². The zero-order valence-corrected chi connectivity index (χ0v) is 12.7. The molecule has 1 unspecified atom stereocenters. The van der Waals surface area contributed by atoms with Crippen molar-refractivity contribution in [3.05, 3.63) is 42.0 Å². The molecule has 0 bridgehead atoms. The predicted molar refractivity (Wildman–Crippen MR) is 81.6 cm³/mol. The van der Waals surface area contributed by atoms with Gasteiger partial charge in [0.05, 0.1) is 11.8 Å². The molecule has 1 aromatic carbocycles. The van der Waals surface area contributed by atoms with Crippen molar-refractivity contribution in [1.82, 2.24) is 9.88 Å². The maximum atomic E-state index is 13.2. The van der Waals surface area contributed by atoms with Crippen molar-refractivity contribution in [2.75, 3.05) is 13.1 Å². The molecule has 1 aliphatic heterocycles. The summed E-state index contributed by atoms with van der Waals surface area (Å²) in [6.45, 7) is 4.50. The first-order valence-corrected chi connectivity index (χ1v) is 7.72. The fourth-order valence-electron chi connectivity index (χ4n) is 2.96. The lowest BCUT2D eigenvalue weighted by Crippen LogP contribution is -2.36. The monoisotopic (exact) mass is 304 g/mol. The molecule has 1 aliphatic rings. The molecular formula is C17H21FN2O2. The van der Waals surface area contributed by atoms with Gasteiger partial charge in [-0.1, -0.05) is 6.07 Å². The van der Waals surface area contributed by atoms with Gasteiger partial charge in [-0.15, -0.1) is 0 Å². The fraction of sp³-hybridized carbons (Fsp3) is 0.471. The van der Waals surface area contributed by atoms with E-state index in [0.29, 0.717) is 17.4 Å². The third kappa shape index (κ3) is 3.54. The van der Waals surface area contributed by atoms with Gasteiger partial charge in [-0.05, 0) is 57.0 Å². The van der Waals surface area contributed by atoms with E-state index in [2.05, 4.69) is 9.88 Å². The first-order chi connectivity index (χ1) is 10.6. The van der Waals surface area contributed by atoms with Crippen LogP contribution in [-0.2, 0) is 6.54 Å². The Morgan fingerprint density at radius 3 is 2.86 bits per heavy atom. The molecule has 3 rings (SSSR count). The second kappa shape index (κ2) is 6.58. The standard InChI is InChI=1S/C17H21FN2O2/c1-12(21)13-5-7-20(8-6-13)10-16-11-22-17(19-16)14-3-2-4-15(18)9-14/h2-4,9,11-13,21H,5-8,10H2,1H3. The molecule has 2 aromatic rings. The second-order valence-corrected chi connectivity index (χ2v) is 6.01. The molecule has 5 heteroatoms. The number of aliphatic hydroxyl groups excluding tert-OH is 1. The average molecular weight is 304 g/mol. The molecule has 1 fully saturated rings. The number of likely N-dealkylation sites (tertiary alicyclic amines) is 1. The number of piperidine rings is 1. The smallest absolute Gasteiger partial charge is 0.226 e. The van der Waals surface area contributed by atoms with Crippen LogP contribution in [0, 0.1) is 11.7 Å². The van der Waals surface area contributed by atoms with Gasteiger partial charge in [0, 0.05) is 12.1 Å². The van der Waals surface area contributed by atoms with Crippen LogP contribution < -0.4 is 0 Å². The minimum absolute atomic E-state index is 0.228. The molecule has 0 aliphatic carbocycles. The number of aromatic nitrogens is 1. The Morgan fingerprint density at radius 1 is 1.41 bits per heavy atom. The first kappa shape index (κ1) is 15.2. The Bertz CT molecular complexity index is 619. The SMILES string of the molecule is CC(O)C1CCN(Cc2coc(-c3cccc(F)c3)n2)CC1. The molecular weight excluding hydrogens is 283 g/mol. The van der Waals surface area contributed by atoms with Crippen LogP contribution >= 0.6 is 0 Å². The lowest BCUT2D eigenvalue weighted by atomic mass is 9.92. The van der Waals surface area contributed by atoms with E-state index in [4.69, 9.17) is 4.42 Å². The van der Waals surface area contributed by atoms with Crippen LogP contribution in [0.1, 0.15) is 25.5 Å². The lowest BCUT2D eigenvalue weighted by Gasteiger charge is -2.32. The Hall–Kier alpha value is -1.72. The van der Waals surface area contributed by atoms with E-state index in [9.17, 15) is 9.50 Å². The topological polar surface area (TPSA) is 49.5 Å². The summed E-state index contributed by atoms with van der Waals surface area (Å²) in [6.07, 6.45) is 3.42. The Morgan fingerprint density at radius 2 is 2.18 bits per heavy atom. The summed E-state index contributed by atoms with van der Waals surface area (Å²) in [6, 6.07) is 6.26. The third-order valence-electron chi connectivity index (χ3n) is 4.32. The molecule has 4 nitrogen and oxygen atoms in total. The zero-order chi connectivity index (χ0) is 15.5. The van der Waals surface area contributed by atoms with Crippen LogP contribution in [0.25, 0.3) is 11.5 Å². The molecule has 1 atom stereocenters. The van der Waals surface area contributed by atoms with Gasteiger partial charge in [0.1, 0.15) is 12.1 Å². The molecule has 1 saturated heterocycles. The van der Waals surface area contributed by atoms with Gasteiger partial charge in [0.15, 0.2) is 0 Å². The van der Waals surface area contributed by atoms with Crippen molar-refractivity contribution in [3.8, 4) is 11.5 Å². The van der Waals surface area contributed by atoms with Crippen molar-refractivity contribution in [2.45, 2.75) is 32.4 Å². The molecule has 0 radical (unpaired) electrons. The van der Waals surface area contributed by atoms with Crippen LogP contribution in [0.4, 0.5) is 4.39 Å². The highest BCUT2D eigenvalue weighted by molar-refractivity contribution is 5.52. The second-order valence-electron chi connectivity index (χ2n) is 6.01. The predicted octanol–water partition coefficient (Wildman–Crippen LogP) is 3.07. The van der Waals surface area contributed by atoms with Crippen molar-refractivity contribution in [3.63, 3.8) is 0 Å². The molecule has 1 N–H and O–H groups in total. The Labute approximate surface area is 129 Å². The molecule has 0 spiro atoms. The molecule has 0 saturated carbocycles. The molecule has 118 valence electrons. The molecule has 0 amide bonds. The summed E-state index contributed by atoms with van der Waals surface area (Å²) in [5, 5.41) is 9.63. The lowest BCUT2D eigenvalue weighted by molar-refractivity contribution is 0.0691. The van der Waals surface area contributed by atoms with Gasteiger partial charge in [-0.2, -0.15) is 0 Å². The summed E-state index contributed by atoms with van der Waals surface area (Å²) in [7, 11) is 0. The highest BCUT2D eigenvalue weighted by Gasteiger charge is 2.23. The van der Waals surface area contributed by atoms with Gasteiger partial charge < -0.3 is 9.52 Å². The number of halogens is 1. The van der Waals surface area contributed by atoms with Crippen molar-refractivity contribution < 1.29 is 13.9 Å². The highest BCUT2D eigenvalue weighted by atomic mass is 19.1. The van der Waals surface area contributed by atoms with E-state index in [1.165, 1.54) is 12.1 Å². The van der Waals surface area contributed by atoms with Crippen molar-refractivity contribution in [2.24, 2.45) is 5.92 Å². The minimum atomic E-state index is -0.294. The minimum Gasteiger partial charge on any atom is -0.444 e. The van der Waals surface area contributed by atoms with Crippen LogP contribution in [0.5, 0.6) is 0 Å². The van der Waals surface area contributed by atoms with Gasteiger partial charge in [-0.3, -0.25) is 4.90 Å². The van der Waals surface area contributed by atoms with E-state index in [0.717, 1.165) is 38.2 Å². The zero-order valence-electron chi connectivity index (χ0n) is 12.7. The Kier molecular flexibility index (Phi) is 4.55. The van der Waals surface area contributed by atoms with Gasteiger partial charge in [0.25, 0.3) is 0 Å². The van der Waals surface area contributed by atoms with E-state index >= 15 is 0 Å². The maximum Gasteiger partial charge on any atom is 0.226 e. The van der Waals surface area contributed by atoms with Crippen LogP contribution in [-0.4, -0.2) is 34.2 Å². The summed E-state index contributed by atoms with van der Waals surface area (Å²) >= 11 is 0. The average Bonchev–Trinajstić information content (AvgIpc) is 2.96. The normalized spacial score (nSPS) is 18.5.